The molecule has 35 heavy (non-hydrogen) atoms. The summed E-state index contributed by atoms with van der Waals surface area (Å²) < 4.78 is 11.7. The van der Waals surface area contributed by atoms with E-state index in [-0.39, 0.29) is 30.9 Å². The van der Waals surface area contributed by atoms with Gasteiger partial charge in [0.15, 0.2) is 0 Å². The van der Waals surface area contributed by atoms with Gasteiger partial charge < -0.3 is 19.1 Å². The molecule has 8 nitrogen and oxygen atoms in total. The largest absolute Gasteiger partial charge is 0.383 e. The van der Waals surface area contributed by atoms with E-state index in [9.17, 15) is 9.59 Å². The number of carbonyl (C=O) groups excluding carboxylic acids is 2. The fourth-order valence-corrected chi connectivity index (χ4v) is 4.45. The summed E-state index contributed by atoms with van der Waals surface area (Å²) in [6, 6.07) is 13.9. The number of benzene rings is 2. The Hall–Kier alpha value is -2.75. The molecule has 1 atom stereocenters. The van der Waals surface area contributed by atoms with Gasteiger partial charge in [0.25, 0.3) is 5.91 Å². The molecular weight excluding hydrogens is 536 g/mol. The Labute approximate surface area is 217 Å². The number of likely N-dealkylation sites (tertiary alicyclic amines) is 1. The molecule has 1 aliphatic rings. The van der Waals surface area contributed by atoms with Gasteiger partial charge in [0.05, 0.1) is 6.61 Å². The Kier molecular flexibility index (Phi) is 8.54. The molecule has 2 aromatic carbocycles. The van der Waals surface area contributed by atoms with Crippen molar-refractivity contribution < 1.29 is 18.8 Å². The molecule has 184 valence electrons. The number of methoxy groups -OCH3 is 1. The third-order valence-corrected chi connectivity index (χ3v) is 6.70. The highest BCUT2D eigenvalue weighted by Crippen LogP contribution is 2.31. The van der Waals surface area contributed by atoms with Gasteiger partial charge in [-0.2, -0.15) is 4.98 Å². The Bertz CT molecular complexity index is 1150. The minimum Gasteiger partial charge on any atom is -0.383 e. The van der Waals surface area contributed by atoms with E-state index >= 15 is 0 Å². The lowest BCUT2D eigenvalue weighted by atomic mass is 10.0. The number of piperidine rings is 1. The van der Waals surface area contributed by atoms with Gasteiger partial charge >= 0.3 is 0 Å². The normalized spacial score (nSPS) is 15.7. The van der Waals surface area contributed by atoms with E-state index < -0.39 is 0 Å². The predicted molar refractivity (Wildman–Crippen MR) is 135 cm³/mol. The fourth-order valence-electron chi connectivity index (χ4n) is 4.06. The quantitative estimate of drug-likeness (QED) is 0.385. The zero-order valence-electron chi connectivity index (χ0n) is 19.3. The van der Waals surface area contributed by atoms with Crippen molar-refractivity contribution in [3.05, 3.63) is 69.5 Å². The highest BCUT2D eigenvalue weighted by molar-refractivity contribution is 9.10. The highest BCUT2D eigenvalue weighted by Gasteiger charge is 2.33. The summed E-state index contributed by atoms with van der Waals surface area (Å²) >= 11 is 9.38. The molecule has 2 heterocycles. The Balaban J connectivity index is 1.51. The lowest BCUT2D eigenvalue weighted by molar-refractivity contribution is -0.136. The van der Waals surface area contributed by atoms with Crippen molar-refractivity contribution in [3.63, 3.8) is 0 Å². The number of hydrogen-bond acceptors (Lipinski definition) is 6. The summed E-state index contributed by atoms with van der Waals surface area (Å²) in [6.07, 6.45) is 2.54. The van der Waals surface area contributed by atoms with Crippen LogP contribution in [0, 0.1) is 0 Å². The summed E-state index contributed by atoms with van der Waals surface area (Å²) in [5, 5.41) is 4.67. The van der Waals surface area contributed by atoms with Crippen LogP contribution in [0.5, 0.6) is 0 Å². The van der Waals surface area contributed by atoms with Crippen molar-refractivity contribution in [2.75, 3.05) is 33.4 Å². The molecule has 10 heteroatoms. The van der Waals surface area contributed by atoms with E-state index in [0.717, 1.165) is 29.3 Å². The highest BCUT2D eigenvalue weighted by atomic mass is 79.9. The zero-order chi connectivity index (χ0) is 24.8. The Morgan fingerprint density at radius 3 is 2.63 bits per heavy atom. The number of ether oxygens (including phenoxy) is 1. The lowest BCUT2D eigenvalue weighted by Crippen LogP contribution is -2.46. The average molecular weight is 562 g/mol. The molecule has 1 saturated heterocycles. The van der Waals surface area contributed by atoms with Gasteiger partial charge in [-0.25, -0.2) is 0 Å². The van der Waals surface area contributed by atoms with Crippen LogP contribution in [0.15, 0.2) is 57.5 Å². The van der Waals surface area contributed by atoms with Crippen molar-refractivity contribution in [1.82, 2.24) is 19.9 Å². The molecule has 4 rings (SSSR count). The minimum atomic E-state index is -0.331. The van der Waals surface area contributed by atoms with Crippen molar-refractivity contribution in [1.29, 1.82) is 0 Å². The number of nitrogens with zero attached hydrogens (tertiary/aromatic N) is 4. The Morgan fingerprint density at radius 1 is 1.17 bits per heavy atom. The van der Waals surface area contributed by atoms with Crippen LogP contribution in [-0.4, -0.2) is 65.1 Å². The minimum absolute atomic E-state index is 0.0744. The Morgan fingerprint density at radius 2 is 1.91 bits per heavy atom. The maximum absolute atomic E-state index is 13.4. The molecule has 1 unspecified atom stereocenters. The van der Waals surface area contributed by atoms with Gasteiger partial charge in [-0.15, -0.1) is 0 Å². The number of amides is 2. The second-order valence-electron chi connectivity index (χ2n) is 8.29. The topological polar surface area (TPSA) is 88.8 Å². The number of aromatic nitrogens is 2. The molecular formula is C25H26BrClN4O4. The van der Waals surface area contributed by atoms with E-state index in [1.807, 2.05) is 24.3 Å². The molecule has 0 radical (unpaired) electrons. The first-order valence-electron chi connectivity index (χ1n) is 11.4. The second-order valence-corrected chi connectivity index (χ2v) is 9.64. The molecule has 1 fully saturated rings. The summed E-state index contributed by atoms with van der Waals surface area (Å²) in [6.45, 7) is 1.09. The van der Waals surface area contributed by atoms with Gasteiger partial charge in [0.1, 0.15) is 12.6 Å². The number of carbonyl (C=O) groups is 2. The van der Waals surface area contributed by atoms with Gasteiger partial charge in [0.2, 0.25) is 17.6 Å². The van der Waals surface area contributed by atoms with E-state index in [4.69, 9.17) is 20.9 Å². The van der Waals surface area contributed by atoms with Crippen LogP contribution in [0.25, 0.3) is 11.4 Å². The first kappa shape index (κ1) is 25.3. The van der Waals surface area contributed by atoms with Gasteiger partial charge in [0, 0.05) is 40.8 Å². The molecule has 2 amide bonds. The average Bonchev–Trinajstić information content (AvgIpc) is 3.37. The van der Waals surface area contributed by atoms with E-state index in [1.54, 1.807) is 36.3 Å². The molecule has 0 bridgehead atoms. The van der Waals surface area contributed by atoms with Gasteiger partial charge in [-0.3, -0.25) is 9.59 Å². The summed E-state index contributed by atoms with van der Waals surface area (Å²) in [5.41, 5.74) is 1.29. The smallest absolute Gasteiger partial charge is 0.254 e. The van der Waals surface area contributed by atoms with Crippen molar-refractivity contribution >= 4 is 39.3 Å². The van der Waals surface area contributed by atoms with Crippen molar-refractivity contribution in [2.45, 2.75) is 25.3 Å². The molecule has 3 aromatic rings. The van der Waals surface area contributed by atoms with Crippen LogP contribution < -0.4 is 0 Å². The number of rotatable bonds is 8. The standard InChI is InChI=1S/C25H26BrClN4O4/c1-34-15-14-30(25(33)18-7-11-20(27)12-8-18)16-22(32)31-13-3-2-4-21(31)24-28-23(29-35-24)17-5-9-19(26)10-6-17/h5-12,21H,2-4,13-16H2,1H3. The van der Waals surface area contributed by atoms with Crippen LogP contribution in [0.4, 0.5) is 0 Å². The molecule has 0 spiro atoms. The maximum Gasteiger partial charge on any atom is 0.254 e. The van der Waals surface area contributed by atoms with Crippen LogP contribution in [-0.2, 0) is 9.53 Å². The van der Waals surface area contributed by atoms with Gasteiger partial charge in [-0.1, -0.05) is 32.7 Å². The summed E-state index contributed by atoms with van der Waals surface area (Å²) in [7, 11) is 1.56. The maximum atomic E-state index is 13.4. The van der Waals surface area contributed by atoms with E-state index in [1.165, 1.54) is 4.90 Å². The number of hydrogen-bond donors (Lipinski definition) is 0. The van der Waals surface area contributed by atoms with Gasteiger partial charge in [-0.05, 0) is 67.8 Å². The van der Waals surface area contributed by atoms with E-state index in [2.05, 4.69) is 26.1 Å². The van der Waals surface area contributed by atoms with Crippen molar-refractivity contribution in [3.8, 4) is 11.4 Å². The molecule has 1 aromatic heterocycles. The molecule has 1 aliphatic heterocycles. The molecule has 0 N–H and O–H groups in total. The third-order valence-electron chi connectivity index (χ3n) is 5.92. The SMILES string of the molecule is COCCN(CC(=O)N1CCCCC1c1nc(-c2ccc(Br)cc2)no1)C(=O)c1ccc(Cl)cc1. The third kappa shape index (κ3) is 6.28. The van der Waals surface area contributed by atoms with Crippen LogP contribution in [0.3, 0.4) is 0 Å². The molecule has 0 aliphatic carbocycles. The number of halogens is 2. The second kappa shape index (κ2) is 11.8. The first-order valence-corrected chi connectivity index (χ1v) is 12.6. The zero-order valence-corrected chi connectivity index (χ0v) is 21.7. The van der Waals surface area contributed by atoms with Crippen LogP contribution >= 0.6 is 27.5 Å². The molecule has 0 saturated carbocycles. The monoisotopic (exact) mass is 560 g/mol. The summed E-state index contributed by atoms with van der Waals surface area (Å²) in [4.78, 5) is 34.4. The van der Waals surface area contributed by atoms with Crippen LogP contribution in [0.2, 0.25) is 5.02 Å². The van der Waals surface area contributed by atoms with Crippen LogP contribution in [0.1, 0.15) is 41.6 Å². The lowest BCUT2D eigenvalue weighted by Gasteiger charge is -2.35. The predicted octanol–water partition coefficient (Wildman–Crippen LogP) is 4.99. The van der Waals surface area contributed by atoms with E-state index in [0.29, 0.717) is 35.5 Å². The fraction of sp³-hybridized carbons (Fsp3) is 0.360. The first-order chi connectivity index (χ1) is 17.0. The summed E-state index contributed by atoms with van der Waals surface area (Å²) in [5.74, 6) is 0.459. The van der Waals surface area contributed by atoms with Crippen molar-refractivity contribution in [2.24, 2.45) is 0 Å².